The Labute approximate surface area is 98.7 Å². The van der Waals surface area contributed by atoms with Crippen molar-refractivity contribution < 1.29 is 0 Å². The van der Waals surface area contributed by atoms with Crippen molar-refractivity contribution in [2.45, 2.75) is 31.3 Å². The molecule has 0 aliphatic carbocycles. The average molecular weight is 218 g/mol. The van der Waals surface area contributed by atoms with E-state index in [2.05, 4.69) is 54.6 Å². The highest BCUT2D eigenvalue weighted by molar-refractivity contribution is 5.20. The average Bonchev–Trinajstić information content (AvgIpc) is 2.34. The van der Waals surface area contributed by atoms with Gasteiger partial charge < -0.3 is 10.2 Å². The van der Waals surface area contributed by atoms with Gasteiger partial charge in [-0.25, -0.2) is 0 Å². The molecule has 0 unspecified atom stereocenters. The van der Waals surface area contributed by atoms with Crippen molar-refractivity contribution in [1.82, 2.24) is 10.2 Å². The van der Waals surface area contributed by atoms with Gasteiger partial charge in [0.2, 0.25) is 0 Å². The minimum Gasteiger partial charge on any atom is -0.312 e. The number of likely N-dealkylation sites (N-methyl/N-ethyl adjacent to an activating group) is 2. The lowest BCUT2D eigenvalue weighted by atomic mass is 9.91. The van der Waals surface area contributed by atoms with Crippen LogP contribution < -0.4 is 5.32 Å². The van der Waals surface area contributed by atoms with Gasteiger partial charge in [-0.3, -0.25) is 0 Å². The molecule has 0 bridgehead atoms. The summed E-state index contributed by atoms with van der Waals surface area (Å²) in [6, 6.07) is 11.9. The summed E-state index contributed by atoms with van der Waals surface area (Å²) >= 11 is 0. The second kappa shape index (κ2) is 5.46. The number of piperidine rings is 1. The van der Waals surface area contributed by atoms with Crippen LogP contribution in [0.4, 0.5) is 0 Å². The van der Waals surface area contributed by atoms with Crippen LogP contribution >= 0.6 is 0 Å². The van der Waals surface area contributed by atoms with Crippen LogP contribution in [0.25, 0.3) is 0 Å². The van der Waals surface area contributed by atoms with Crippen molar-refractivity contribution in [2.75, 3.05) is 20.6 Å². The van der Waals surface area contributed by atoms with E-state index < -0.39 is 0 Å². The molecule has 2 rings (SSSR count). The van der Waals surface area contributed by atoms with E-state index in [1.54, 1.807) is 0 Å². The first kappa shape index (κ1) is 11.6. The second-order valence-electron chi connectivity index (χ2n) is 4.72. The summed E-state index contributed by atoms with van der Waals surface area (Å²) in [4.78, 5) is 2.50. The fraction of sp³-hybridized carbons (Fsp3) is 0.571. The van der Waals surface area contributed by atoms with E-state index >= 15 is 0 Å². The smallest absolute Gasteiger partial charge is 0.0475 e. The summed E-state index contributed by atoms with van der Waals surface area (Å²) in [5.41, 5.74) is 1.41. The SMILES string of the molecule is CN[C@H](c1ccccc1)[C@H]1CCCCN1C. The minimum atomic E-state index is 0.464. The molecule has 1 aromatic rings. The van der Waals surface area contributed by atoms with Crippen LogP contribution in [0.5, 0.6) is 0 Å². The molecule has 1 aromatic carbocycles. The number of benzene rings is 1. The first-order chi connectivity index (χ1) is 7.83. The van der Waals surface area contributed by atoms with Crippen molar-refractivity contribution in [2.24, 2.45) is 0 Å². The second-order valence-corrected chi connectivity index (χ2v) is 4.72. The van der Waals surface area contributed by atoms with Gasteiger partial charge >= 0.3 is 0 Å². The topological polar surface area (TPSA) is 15.3 Å². The summed E-state index contributed by atoms with van der Waals surface area (Å²) in [6.07, 6.45) is 4.01. The highest BCUT2D eigenvalue weighted by Crippen LogP contribution is 2.27. The van der Waals surface area contributed by atoms with Crippen molar-refractivity contribution in [3.05, 3.63) is 35.9 Å². The molecule has 2 nitrogen and oxygen atoms in total. The maximum atomic E-state index is 3.48. The summed E-state index contributed by atoms with van der Waals surface area (Å²) in [5, 5.41) is 3.48. The zero-order valence-corrected chi connectivity index (χ0v) is 10.3. The Balaban J connectivity index is 2.15. The van der Waals surface area contributed by atoms with Gasteiger partial charge in [0, 0.05) is 12.1 Å². The predicted octanol–water partition coefficient (Wildman–Crippen LogP) is 2.43. The number of hydrogen-bond acceptors (Lipinski definition) is 2. The Kier molecular flexibility index (Phi) is 3.97. The van der Waals surface area contributed by atoms with Crippen molar-refractivity contribution >= 4 is 0 Å². The largest absolute Gasteiger partial charge is 0.312 e. The van der Waals surface area contributed by atoms with Gasteiger partial charge in [-0.05, 0) is 39.0 Å². The Hall–Kier alpha value is -0.860. The monoisotopic (exact) mass is 218 g/mol. The molecule has 0 aromatic heterocycles. The molecular weight excluding hydrogens is 196 g/mol. The number of hydrogen-bond donors (Lipinski definition) is 1. The van der Waals surface area contributed by atoms with Crippen LogP contribution in [0.2, 0.25) is 0 Å². The predicted molar refractivity (Wildman–Crippen MR) is 68.5 cm³/mol. The lowest BCUT2D eigenvalue weighted by Crippen LogP contribution is -2.44. The molecule has 2 atom stereocenters. The van der Waals surface area contributed by atoms with Gasteiger partial charge in [-0.15, -0.1) is 0 Å². The molecule has 1 fully saturated rings. The highest BCUT2D eigenvalue weighted by atomic mass is 15.2. The lowest BCUT2D eigenvalue weighted by Gasteiger charge is -2.38. The van der Waals surface area contributed by atoms with Gasteiger partial charge in [-0.1, -0.05) is 36.8 Å². The molecule has 1 N–H and O–H groups in total. The number of nitrogens with zero attached hydrogens (tertiary/aromatic N) is 1. The Morgan fingerprint density at radius 2 is 2.00 bits per heavy atom. The molecule has 16 heavy (non-hydrogen) atoms. The first-order valence-corrected chi connectivity index (χ1v) is 6.25. The number of nitrogens with one attached hydrogen (secondary N) is 1. The maximum Gasteiger partial charge on any atom is 0.0475 e. The minimum absolute atomic E-state index is 0.464. The van der Waals surface area contributed by atoms with E-state index in [-0.39, 0.29) is 0 Å². The van der Waals surface area contributed by atoms with Crippen LogP contribution in [0.1, 0.15) is 30.9 Å². The number of likely N-dealkylation sites (tertiary alicyclic amines) is 1. The molecule has 0 radical (unpaired) electrons. The van der Waals surface area contributed by atoms with Crippen molar-refractivity contribution in [3.63, 3.8) is 0 Å². The molecule has 0 amide bonds. The van der Waals surface area contributed by atoms with Crippen molar-refractivity contribution in [3.8, 4) is 0 Å². The van der Waals surface area contributed by atoms with E-state index in [1.165, 1.54) is 31.4 Å². The highest BCUT2D eigenvalue weighted by Gasteiger charge is 2.27. The molecule has 1 heterocycles. The summed E-state index contributed by atoms with van der Waals surface area (Å²) in [6.45, 7) is 1.23. The fourth-order valence-corrected chi connectivity index (χ4v) is 2.76. The van der Waals surface area contributed by atoms with Gasteiger partial charge in [-0.2, -0.15) is 0 Å². The quantitative estimate of drug-likeness (QED) is 0.838. The van der Waals surface area contributed by atoms with E-state index in [0.717, 1.165) is 0 Å². The van der Waals surface area contributed by atoms with Crippen LogP contribution in [0.3, 0.4) is 0 Å². The van der Waals surface area contributed by atoms with Gasteiger partial charge in [0.1, 0.15) is 0 Å². The molecule has 1 aliphatic heterocycles. The van der Waals surface area contributed by atoms with Crippen molar-refractivity contribution in [1.29, 1.82) is 0 Å². The lowest BCUT2D eigenvalue weighted by molar-refractivity contribution is 0.148. The van der Waals surface area contributed by atoms with Gasteiger partial charge in [0.25, 0.3) is 0 Å². The third kappa shape index (κ3) is 2.45. The molecule has 88 valence electrons. The van der Waals surface area contributed by atoms with Crippen LogP contribution in [-0.2, 0) is 0 Å². The van der Waals surface area contributed by atoms with Gasteiger partial charge in [0.05, 0.1) is 0 Å². The third-order valence-electron chi connectivity index (χ3n) is 3.68. The Morgan fingerprint density at radius 1 is 1.25 bits per heavy atom. The first-order valence-electron chi connectivity index (χ1n) is 6.25. The van der Waals surface area contributed by atoms with Crippen LogP contribution in [0.15, 0.2) is 30.3 Å². The summed E-state index contributed by atoms with van der Waals surface area (Å²) < 4.78 is 0. The van der Waals surface area contributed by atoms with E-state index in [9.17, 15) is 0 Å². The van der Waals surface area contributed by atoms with E-state index in [1.807, 2.05) is 0 Å². The molecule has 0 spiro atoms. The zero-order chi connectivity index (χ0) is 11.4. The standard InChI is InChI=1S/C14H22N2/c1-15-14(12-8-4-3-5-9-12)13-10-6-7-11-16(13)2/h3-5,8-9,13-15H,6-7,10-11H2,1-2H3/t13-,14-/m1/s1. The molecule has 0 saturated carbocycles. The normalized spacial score (nSPS) is 24.2. The third-order valence-corrected chi connectivity index (χ3v) is 3.68. The fourth-order valence-electron chi connectivity index (χ4n) is 2.76. The summed E-state index contributed by atoms with van der Waals surface area (Å²) in [7, 11) is 4.32. The Morgan fingerprint density at radius 3 is 2.62 bits per heavy atom. The van der Waals surface area contributed by atoms with E-state index in [0.29, 0.717) is 12.1 Å². The van der Waals surface area contributed by atoms with Crippen LogP contribution in [0, 0.1) is 0 Å². The molecule has 1 aliphatic rings. The Bertz CT molecular complexity index is 310. The summed E-state index contributed by atoms with van der Waals surface area (Å²) in [5.74, 6) is 0. The molecule has 1 saturated heterocycles. The number of rotatable bonds is 3. The van der Waals surface area contributed by atoms with E-state index in [4.69, 9.17) is 0 Å². The maximum absolute atomic E-state index is 3.48. The zero-order valence-electron chi connectivity index (χ0n) is 10.3. The van der Waals surface area contributed by atoms with Gasteiger partial charge in [0.15, 0.2) is 0 Å². The molecule has 2 heteroatoms. The molecular formula is C14H22N2. The van der Waals surface area contributed by atoms with Crippen LogP contribution in [-0.4, -0.2) is 31.6 Å².